The van der Waals surface area contributed by atoms with E-state index in [0.29, 0.717) is 25.7 Å². The SMILES string of the molecule is CCCCOCCn1c(N)nc2c(OCC)cccc21. The van der Waals surface area contributed by atoms with Gasteiger partial charge in [-0.2, -0.15) is 0 Å². The molecule has 0 amide bonds. The molecule has 0 aliphatic rings. The molecule has 0 unspecified atom stereocenters. The van der Waals surface area contributed by atoms with Crippen molar-refractivity contribution in [3.63, 3.8) is 0 Å². The van der Waals surface area contributed by atoms with Crippen LogP contribution in [0, 0.1) is 0 Å². The van der Waals surface area contributed by atoms with Gasteiger partial charge in [0, 0.05) is 13.2 Å². The Morgan fingerprint density at radius 3 is 2.85 bits per heavy atom. The molecule has 1 heterocycles. The highest BCUT2D eigenvalue weighted by atomic mass is 16.5. The molecule has 110 valence electrons. The number of fused-ring (bicyclic) bond motifs is 1. The van der Waals surface area contributed by atoms with E-state index in [1.807, 2.05) is 29.7 Å². The fourth-order valence-corrected chi connectivity index (χ4v) is 2.15. The Hall–Kier alpha value is -1.75. The van der Waals surface area contributed by atoms with Gasteiger partial charge in [0.25, 0.3) is 0 Å². The second-order valence-electron chi connectivity index (χ2n) is 4.64. The van der Waals surface area contributed by atoms with Gasteiger partial charge in [-0.3, -0.25) is 0 Å². The molecule has 0 saturated heterocycles. The van der Waals surface area contributed by atoms with E-state index in [9.17, 15) is 0 Å². The van der Waals surface area contributed by atoms with Crippen LogP contribution in [0.5, 0.6) is 5.75 Å². The van der Waals surface area contributed by atoms with E-state index in [0.717, 1.165) is 36.2 Å². The predicted octanol–water partition coefficient (Wildman–Crippen LogP) is 2.83. The molecule has 0 radical (unpaired) electrons. The topological polar surface area (TPSA) is 62.3 Å². The lowest BCUT2D eigenvalue weighted by molar-refractivity contribution is 0.124. The van der Waals surface area contributed by atoms with Gasteiger partial charge in [-0.05, 0) is 25.5 Å². The van der Waals surface area contributed by atoms with Crippen molar-refractivity contribution in [1.29, 1.82) is 0 Å². The van der Waals surface area contributed by atoms with Crippen LogP contribution in [0.25, 0.3) is 11.0 Å². The first-order valence-electron chi connectivity index (χ1n) is 7.23. The number of nitrogens with two attached hydrogens (primary N) is 1. The molecule has 1 aromatic carbocycles. The van der Waals surface area contributed by atoms with Gasteiger partial charge in [0.1, 0.15) is 11.3 Å². The smallest absolute Gasteiger partial charge is 0.201 e. The number of nitrogens with zero attached hydrogens (tertiary/aromatic N) is 2. The van der Waals surface area contributed by atoms with Crippen LogP contribution in [0.4, 0.5) is 5.95 Å². The standard InChI is InChI=1S/C15H23N3O2/c1-3-5-10-19-11-9-18-12-7-6-8-13(20-4-2)14(12)17-15(18)16/h6-8H,3-5,9-11H2,1-2H3,(H2,16,17). The lowest BCUT2D eigenvalue weighted by atomic mass is 10.3. The van der Waals surface area contributed by atoms with Crippen LogP contribution in [0.3, 0.4) is 0 Å². The Balaban J connectivity index is 2.12. The minimum absolute atomic E-state index is 0.506. The molecule has 0 saturated carbocycles. The summed E-state index contributed by atoms with van der Waals surface area (Å²) in [6, 6.07) is 5.89. The molecular formula is C15H23N3O2. The van der Waals surface area contributed by atoms with Crippen molar-refractivity contribution in [3.05, 3.63) is 18.2 Å². The van der Waals surface area contributed by atoms with Crippen molar-refractivity contribution in [1.82, 2.24) is 9.55 Å². The van der Waals surface area contributed by atoms with Crippen molar-refractivity contribution in [2.24, 2.45) is 0 Å². The number of ether oxygens (including phenoxy) is 2. The summed E-state index contributed by atoms with van der Waals surface area (Å²) in [6.07, 6.45) is 2.24. The van der Waals surface area contributed by atoms with Crippen LogP contribution in [-0.2, 0) is 11.3 Å². The Morgan fingerprint density at radius 1 is 1.25 bits per heavy atom. The molecule has 2 rings (SSSR count). The van der Waals surface area contributed by atoms with Crippen molar-refractivity contribution >= 4 is 17.0 Å². The van der Waals surface area contributed by atoms with Gasteiger partial charge in [0.2, 0.25) is 5.95 Å². The van der Waals surface area contributed by atoms with Crippen LogP contribution in [0.1, 0.15) is 26.7 Å². The van der Waals surface area contributed by atoms with Crippen LogP contribution in [0.15, 0.2) is 18.2 Å². The summed E-state index contributed by atoms with van der Waals surface area (Å²) in [5.41, 5.74) is 7.81. The molecule has 0 fully saturated rings. The van der Waals surface area contributed by atoms with Gasteiger partial charge >= 0.3 is 0 Å². The van der Waals surface area contributed by atoms with E-state index >= 15 is 0 Å². The number of hydrogen-bond donors (Lipinski definition) is 1. The third-order valence-corrected chi connectivity index (χ3v) is 3.17. The number of rotatable bonds is 8. The van der Waals surface area contributed by atoms with E-state index < -0.39 is 0 Å². The summed E-state index contributed by atoms with van der Waals surface area (Å²) >= 11 is 0. The number of anilines is 1. The van der Waals surface area contributed by atoms with Gasteiger partial charge in [-0.15, -0.1) is 0 Å². The summed E-state index contributed by atoms with van der Waals surface area (Å²) in [7, 11) is 0. The summed E-state index contributed by atoms with van der Waals surface area (Å²) < 4.78 is 13.2. The van der Waals surface area contributed by atoms with Crippen LogP contribution in [0.2, 0.25) is 0 Å². The first kappa shape index (κ1) is 14.7. The summed E-state index contributed by atoms with van der Waals surface area (Å²) in [4.78, 5) is 4.41. The molecule has 0 aliphatic heterocycles. The quantitative estimate of drug-likeness (QED) is 0.754. The van der Waals surface area contributed by atoms with Gasteiger partial charge < -0.3 is 19.8 Å². The van der Waals surface area contributed by atoms with Crippen molar-refractivity contribution in [3.8, 4) is 5.75 Å². The number of unbranched alkanes of at least 4 members (excludes halogenated alkanes) is 1. The molecule has 20 heavy (non-hydrogen) atoms. The van der Waals surface area contributed by atoms with Crippen LogP contribution < -0.4 is 10.5 Å². The van der Waals surface area contributed by atoms with Crippen molar-refractivity contribution < 1.29 is 9.47 Å². The highest BCUT2D eigenvalue weighted by molar-refractivity contribution is 5.84. The summed E-state index contributed by atoms with van der Waals surface area (Å²) in [5.74, 6) is 1.29. The third-order valence-electron chi connectivity index (χ3n) is 3.17. The summed E-state index contributed by atoms with van der Waals surface area (Å²) in [5, 5.41) is 0. The Morgan fingerprint density at radius 2 is 2.10 bits per heavy atom. The zero-order valence-corrected chi connectivity index (χ0v) is 12.3. The first-order valence-corrected chi connectivity index (χ1v) is 7.23. The van der Waals surface area contributed by atoms with Gasteiger partial charge in [0.15, 0.2) is 0 Å². The average molecular weight is 277 g/mol. The number of nitrogen functional groups attached to an aromatic ring is 1. The molecule has 0 aliphatic carbocycles. The van der Waals surface area contributed by atoms with E-state index in [-0.39, 0.29) is 0 Å². The normalized spacial score (nSPS) is 11.1. The van der Waals surface area contributed by atoms with Gasteiger partial charge in [0.05, 0.1) is 18.7 Å². The highest BCUT2D eigenvalue weighted by Gasteiger charge is 2.11. The van der Waals surface area contributed by atoms with Crippen molar-refractivity contribution in [2.45, 2.75) is 33.2 Å². The molecule has 0 spiro atoms. The van der Waals surface area contributed by atoms with Crippen LogP contribution >= 0.6 is 0 Å². The molecule has 0 atom stereocenters. The molecule has 5 heteroatoms. The molecule has 2 aromatic rings. The average Bonchev–Trinajstić information content (AvgIpc) is 2.76. The van der Waals surface area contributed by atoms with Crippen molar-refractivity contribution in [2.75, 3.05) is 25.6 Å². The maximum atomic E-state index is 6.00. The molecule has 2 N–H and O–H groups in total. The predicted molar refractivity (Wildman–Crippen MR) is 81.0 cm³/mol. The minimum atomic E-state index is 0.506. The summed E-state index contributed by atoms with van der Waals surface area (Å²) in [6.45, 7) is 6.89. The Bertz CT molecular complexity index is 551. The van der Waals surface area contributed by atoms with E-state index in [4.69, 9.17) is 15.2 Å². The lowest BCUT2D eigenvalue weighted by Crippen LogP contribution is -2.09. The second-order valence-corrected chi connectivity index (χ2v) is 4.64. The third kappa shape index (κ3) is 3.22. The molecular weight excluding hydrogens is 254 g/mol. The maximum Gasteiger partial charge on any atom is 0.201 e. The number of benzene rings is 1. The van der Waals surface area contributed by atoms with E-state index in [1.165, 1.54) is 0 Å². The lowest BCUT2D eigenvalue weighted by Gasteiger charge is -2.08. The Kier molecular flexibility index (Phi) is 5.24. The Labute approximate surface area is 119 Å². The largest absolute Gasteiger partial charge is 0.492 e. The van der Waals surface area contributed by atoms with Crippen LogP contribution in [-0.4, -0.2) is 29.4 Å². The fourth-order valence-electron chi connectivity index (χ4n) is 2.15. The van der Waals surface area contributed by atoms with E-state index in [1.54, 1.807) is 0 Å². The molecule has 0 bridgehead atoms. The zero-order valence-electron chi connectivity index (χ0n) is 12.3. The first-order chi connectivity index (χ1) is 9.77. The van der Waals surface area contributed by atoms with E-state index in [2.05, 4.69) is 11.9 Å². The number of hydrogen-bond acceptors (Lipinski definition) is 4. The second kappa shape index (κ2) is 7.14. The number of imidazole rings is 1. The zero-order chi connectivity index (χ0) is 14.4. The number of aromatic nitrogens is 2. The number of para-hydroxylation sites is 1. The monoisotopic (exact) mass is 277 g/mol. The van der Waals surface area contributed by atoms with Gasteiger partial charge in [-0.25, -0.2) is 4.98 Å². The minimum Gasteiger partial charge on any atom is -0.492 e. The highest BCUT2D eigenvalue weighted by Crippen LogP contribution is 2.26. The maximum absolute atomic E-state index is 6.00. The molecule has 5 nitrogen and oxygen atoms in total. The fraction of sp³-hybridized carbons (Fsp3) is 0.533. The molecule has 1 aromatic heterocycles. The van der Waals surface area contributed by atoms with Gasteiger partial charge in [-0.1, -0.05) is 19.4 Å².